The van der Waals surface area contributed by atoms with Gasteiger partial charge in [-0.2, -0.15) is 0 Å². The molecule has 8 nitrogen and oxygen atoms in total. The molecule has 0 saturated carbocycles. The van der Waals surface area contributed by atoms with Crippen LogP contribution in [0.1, 0.15) is 27.7 Å². The average molecular weight is 406 g/mol. The van der Waals surface area contributed by atoms with Gasteiger partial charge in [0.25, 0.3) is 11.8 Å². The molecule has 0 spiro atoms. The van der Waals surface area contributed by atoms with Crippen molar-refractivity contribution in [2.75, 3.05) is 13.2 Å². The molecule has 29 heavy (non-hydrogen) atoms. The first-order valence-corrected chi connectivity index (χ1v) is 10.0. The molecule has 8 heteroatoms. The van der Waals surface area contributed by atoms with E-state index in [1.165, 1.54) is 0 Å². The number of rotatable bonds is 10. The van der Waals surface area contributed by atoms with Gasteiger partial charge in [-0.05, 0) is 24.0 Å². The van der Waals surface area contributed by atoms with E-state index >= 15 is 0 Å². The maximum Gasteiger partial charge on any atom is 0.262 e. The fourth-order valence-electron chi connectivity index (χ4n) is 3.16. The van der Waals surface area contributed by atoms with Crippen molar-refractivity contribution in [2.45, 2.75) is 52.9 Å². The van der Waals surface area contributed by atoms with Crippen LogP contribution in [-0.2, 0) is 22.7 Å². The summed E-state index contributed by atoms with van der Waals surface area (Å²) in [5.41, 5.74) is 1.67. The molecule has 1 aromatic carbocycles. The predicted octanol–water partition coefficient (Wildman–Crippen LogP) is 0.195. The van der Waals surface area contributed by atoms with Gasteiger partial charge in [0.05, 0.1) is 25.3 Å². The van der Waals surface area contributed by atoms with E-state index in [9.17, 15) is 19.8 Å². The zero-order valence-corrected chi connectivity index (χ0v) is 17.6. The number of nitrogens with one attached hydrogen (secondary N) is 2. The Morgan fingerprint density at radius 2 is 1.52 bits per heavy atom. The fourth-order valence-corrected chi connectivity index (χ4v) is 3.16. The number of hydrogen-bond donors (Lipinski definition) is 4. The van der Waals surface area contributed by atoms with Crippen LogP contribution in [0.25, 0.3) is 11.0 Å². The molecule has 160 valence electrons. The predicted molar refractivity (Wildman–Crippen MR) is 110 cm³/mol. The van der Waals surface area contributed by atoms with Crippen LogP contribution < -0.4 is 15.2 Å². The normalized spacial score (nSPS) is 13.7. The van der Waals surface area contributed by atoms with Crippen LogP contribution in [0.4, 0.5) is 0 Å². The van der Waals surface area contributed by atoms with Gasteiger partial charge >= 0.3 is 0 Å². The van der Waals surface area contributed by atoms with Gasteiger partial charge in [0.1, 0.15) is 0 Å². The lowest BCUT2D eigenvalue weighted by molar-refractivity contribution is -0.659. The second-order valence-electron chi connectivity index (χ2n) is 8.06. The van der Waals surface area contributed by atoms with Gasteiger partial charge < -0.3 is 20.8 Å². The first-order chi connectivity index (χ1) is 13.8. The first kappa shape index (κ1) is 22.8. The van der Waals surface area contributed by atoms with Crippen LogP contribution >= 0.6 is 0 Å². The summed E-state index contributed by atoms with van der Waals surface area (Å²) in [6.07, 6.45) is 1.75. The van der Waals surface area contributed by atoms with Gasteiger partial charge in [-0.1, -0.05) is 39.8 Å². The van der Waals surface area contributed by atoms with Crippen LogP contribution in [0, 0.1) is 11.8 Å². The first-order valence-electron chi connectivity index (χ1n) is 10.0. The van der Waals surface area contributed by atoms with Crippen molar-refractivity contribution in [3.63, 3.8) is 0 Å². The Kier molecular flexibility index (Phi) is 8.16. The standard InChI is InChI=1S/C21H32N4O4/c1-14(2)16(11-26)22-20(28)9-24-13-25(19-8-6-5-7-18(19)24)10-21(29)23-17(12-27)15(3)4/h5-8,13-17,26-27H,9-12H2,1-4H3,(H-,22,23,28,29)/p+1. The Balaban J connectivity index is 2.18. The maximum atomic E-state index is 12.5. The molecule has 2 aromatic rings. The van der Waals surface area contributed by atoms with E-state index in [2.05, 4.69) is 10.6 Å². The minimum absolute atomic E-state index is 0.0869. The molecule has 0 aliphatic rings. The number of carbonyl (C=O) groups is 2. The molecule has 0 aliphatic heterocycles. The Morgan fingerprint density at radius 3 is 2.07 bits per heavy atom. The molecule has 0 fully saturated rings. The summed E-state index contributed by atoms with van der Waals surface area (Å²) in [5, 5.41) is 24.6. The van der Waals surface area contributed by atoms with Crippen molar-refractivity contribution in [1.82, 2.24) is 15.2 Å². The molecule has 4 N–H and O–H groups in total. The van der Waals surface area contributed by atoms with Crippen molar-refractivity contribution in [3.8, 4) is 0 Å². The highest BCUT2D eigenvalue weighted by atomic mass is 16.3. The van der Waals surface area contributed by atoms with Crippen LogP contribution in [0.15, 0.2) is 30.6 Å². The fraction of sp³-hybridized carbons (Fsp3) is 0.571. The summed E-state index contributed by atoms with van der Waals surface area (Å²) in [7, 11) is 0. The van der Waals surface area contributed by atoms with Gasteiger partial charge in [0, 0.05) is 0 Å². The number of benzene rings is 1. The number of hydrogen-bond acceptors (Lipinski definition) is 4. The quantitative estimate of drug-likeness (QED) is 0.424. The van der Waals surface area contributed by atoms with Crippen molar-refractivity contribution in [3.05, 3.63) is 30.6 Å². The molecule has 2 atom stereocenters. The van der Waals surface area contributed by atoms with Gasteiger partial charge in [-0.25, -0.2) is 9.13 Å². The lowest BCUT2D eigenvalue weighted by Gasteiger charge is -2.19. The lowest BCUT2D eigenvalue weighted by Crippen LogP contribution is -2.48. The smallest absolute Gasteiger partial charge is 0.262 e. The summed E-state index contributed by atoms with van der Waals surface area (Å²) in [4.78, 5) is 24.9. The minimum Gasteiger partial charge on any atom is -0.394 e. The SMILES string of the molecule is CC(C)C(CO)NC(=O)Cn1c[n+](CC(=O)NC(CO)C(C)C)c2ccccc21. The van der Waals surface area contributed by atoms with Crippen molar-refractivity contribution < 1.29 is 24.4 Å². The number of aromatic nitrogens is 2. The third kappa shape index (κ3) is 6.01. The number of imidazole rings is 1. The number of fused-ring (bicyclic) bond motifs is 1. The second kappa shape index (κ2) is 10.4. The minimum atomic E-state index is -0.298. The molecule has 2 amide bonds. The van der Waals surface area contributed by atoms with Crippen molar-refractivity contribution in [2.24, 2.45) is 11.8 Å². The van der Waals surface area contributed by atoms with Gasteiger partial charge in [-0.15, -0.1) is 0 Å². The summed E-state index contributed by atoms with van der Waals surface area (Å²) >= 11 is 0. The van der Waals surface area contributed by atoms with E-state index in [-0.39, 0.29) is 62.0 Å². The largest absolute Gasteiger partial charge is 0.394 e. The van der Waals surface area contributed by atoms with E-state index in [0.717, 1.165) is 11.0 Å². The Hall–Kier alpha value is -2.45. The van der Waals surface area contributed by atoms with Gasteiger partial charge in [-0.3, -0.25) is 9.59 Å². The van der Waals surface area contributed by atoms with Crippen LogP contribution in [0.3, 0.4) is 0 Å². The highest BCUT2D eigenvalue weighted by Crippen LogP contribution is 2.11. The third-order valence-electron chi connectivity index (χ3n) is 5.10. The van der Waals surface area contributed by atoms with Gasteiger partial charge in [0.2, 0.25) is 6.33 Å². The maximum absolute atomic E-state index is 12.5. The third-order valence-corrected chi connectivity index (χ3v) is 5.10. The van der Waals surface area contributed by atoms with Crippen LogP contribution in [0.5, 0.6) is 0 Å². The highest BCUT2D eigenvalue weighted by molar-refractivity contribution is 5.80. The zero-order chi connectivity index (χ0) is 21.6. The average Bonchev–Trinajstić information content (AvgIpc) is 3.01. The molecule has 0 radical (unpaired) electrons. The van der Waals surface area contributed by atoms with E-state index in [4.69, 9.17) is 0 Å². The van der Waals surface area contributed by atoms with Crippen LogP contribution in [0.2, 0.25) is 0 Å². The molecular formula is C21H33N4O4+. The summed E-state index contributed by atoms with van der Waals surface area (Å²) in [5.74, 6) is -0.149. The molecule has 1 heterocycles. The molecule has 2 unspecified atom stereocenters. The Bertz CT molecular complexity index is 765. The molecule has 1 aromatic heterocycles. The topological polar surface area (TPSA) is 107 Å². The Morgan fingerprint density at radius 1 is 0.966 bits per heavy atom. The van der Waals surface area contributed by atoms with E-state index in [0.29, 0.717) is 0 Å². The summed E-state index contributed by atoms with van der Waals surface area (Å²) in [6, 6.07) is 6.96. The monoisotopic (exact) mass is 405 g/mol. The molecule has 2 rings (SSSR count). The number of carbonyl (C=O) groups excluding carboxylic acids is 2. The van der Waals surface area contributed by atoms with E-state index in [1.54, 1.807) is 15.5 Å². The van der Waals surface area contributed by atoms with E-state index in [1.807, 2.05) is 52.0 Å². The lowest BCUT2D eigenvalue weighted by atomic mass is 10.1. The Labute approximate surface area is 171 Å². The molecule has 0 bridgehead atoms. The number of nitrogens with zero attached hydrogens (tertiary/aromatic N) is 2. The summed E-state index contributed by atoms with van der Waals surface area (Å²) < 4.78 is 3.58. The number of amides is 2. The molecule has 0 saturated heterocycles. The highest BCUT2D eigenvalue weighted by Gasteiger charge is 2.23. The molecular weight excluding hydrogens is 372 g/mol. The van der Waals surface area contributed by atoms with Crippen molar-refractivity contribution in [1.29, 1.82) is 0 Å². The number of aliphatic hydroxyl groups is 2. The zero-order valence-electron chi connectivity index (χ0n) is 17.6. The van der Waals surface area contributed by atoms with Crippen LogP contribution in [-0.4, -0.2) is 51.9 Å². The number of aliphatic hydroxyl groups excluding tert-OH is 2. The van der Waals surface area contributed by atoms with Gasteiger partial charge in [0.15, 0.2) is 24.1 Å². The second-order valence-corrected chi connectivity index (χ2v) is 8.06. The summed E-state index contributed by atoms with van der Waals surface area (Å²) in [6.45, 7) is 7.71. The number of para-hydroxylation sites is 2. The van der Waals surface area contributed by atoms with Crippen molar-refractivity contribution >= 4 is 22.8 Å². The van der Waals surface area contributed by atoms with E-state index < -0.39 is 0 Å². The molecule has 0 aliphatic carbocycles.